The highest BCUT2D eigenvalue weighted by atomic mass is 16.5. The maximum absolute atomic E-state index is 11.3. The molecule has 1 aromatic carbocycles. The summed E-state index contributed by atoms with van der Waals surface area (Å²) >= 11 is 0. The number of ether oxygens (including phenoxy) is 2. The van der Waals surface area contributed by atoms with E-state index in [9.17, 15) is 4.79 Å². The van der Waals surface area contributed by atoms with E-state index < -0.39 is 0 Å². The van der Waals surface area contributed by atoms with Gasteiger partial charge < -0.3 is 9.47 Å². The predicted molar refractivity (Wildman–Crippen MR) is 71.1 cm³/mol. The fourth-order valence-electron chi connectivity index (χ4n) is 2.15. The third-order valence-corrected chi connectivity index (χ3v) is 3.27. The molecule has 3 N–H and O–H groups in total. The van der Waals surface area contributed by atoms with Gasteiger partial charge in [-0.25, -0.2) is 5.84 Å². The highest BCUT2D eigenvalue weighted by molar-refractivity contribution is 5.78. The van der Waals surface area contributed by atoms with E-state index in [4.69, 9.17) is 15.3 Å². The zero-order chi connectivity index (χ0) is 13.5. The molecule has 0 radical (unpaired) electrons. The van der Waals surface area contributed by atoms with Crippen LogP contribution in [-0.4, -0.2) is 25.2 Å². The number of nitrogens with one attached hydrogen (secondary N) is 1. The summed E-state index contributed by atoms with van der Waals surface area (Å²) in [5, 5.41) is 0. The average molecular weight is 264 g/mol. The molecule has 1 aliphatic rings. The van der Waals surface area contributed by atoms with Crippen LogP contribution in [0.3, 0.4) is 0 Å². The van der Waals surface area contributed by atoms with E-state index in [1.807, 2.05) is 24.3 Å². The van der Waals surface area contributed by atoms with Crippen LogP contribution in [0.2, 0.25) is 0 Å². The number of benzene rings is 1. The van der Waals surface area contributed by atoms with Gasteiger partial charge in [-0.1, -0.05) is 24.3 Å². The summed E-state index contributed by atoms with van der Waals surface area (Å²) in [5.41, 5.74) is 4.15. The Morgan fingerprint density at radius 2 is 2.00 bits per heavy atom. The molecule has 2 rings (SSSR count). The maximum atomic E-state index is 11.3. The number of rotatable bonds is 5. The highest BCUT2D eigenvalue weighted by Gasteiger charge is 2.15. The largest absolute Gasteiger partial charge is 0.381 e. The van der Waals surface area contributed by atoms with Crippen molar-refractivity contribution in [3.05, 3.63) is 35.4 Å². The number of hydrogen-bond donors (Lipinski definition) is 2. The molecule has 1 heterocycles. The maximum Gasteiger partial charge on any atom is 0.238 e. The molecular weight excluding hydrogens is 244 g/mol. The predicted octanol–water partition coefficient (Wildman–Crippen LogP) is 0.915. The SMILES string of the molecule is NNC(=O)Cc1ccccc1COC1CCOCC1. The first-order valence-electron chi connectivity index (χ1n) is 6.55. The molecule has 0 atom stereocenters. The summed E-state index contributed by atoms with van der Waals surface area (Å²) in [6, 6.07) is 7.78. The second kappa shape index (κ2) is 7.23. The molecule has 5 heteroatoms. The topological polar surface area (TPSA) is 73.6 Å². The van der Waals surface area contributed by atoms with Crippen LogP contribution in [0.5, 0.6) is 0 Å². The first-order valence-corrected chi connectivity index (χ1v) is 6.55. The fourth-order valence-corrected chi connectivity index (χ4v) is 2.15. The monoisotopic (exact) mass is 264 g/mol. The van der Waals surface area contributed by atoms with Crippen LogP contribution in [0.15, 0.2) is 24.3 Å². The Kier molecular flexibility index (Phi) is 5.32. The fraction of sp³-hybridized carbons (Fsp3) is 0.500. The lowest BCUT2D eigenvalue weighted by Crippen LogP contribution is -2.31. The second-order valence-corrected chi connectivity index (χ2v) is 4.64. The van der Waals surface area contributed by atoms with Gasteiger partial charge in [0.25, 0.3) is 0 Å². The lowest BCUT2D eigenvalue weighted by Gasteiger charge is -2.23. The number of hydrazine groups is 1. The molecule has 0 saturated carbocycles. The van der Waals surface area contributed by atoms with Gasteiger partial charge in [0.1, 0.15) is 0 Å². The number of hydrogen-bond acceptors (Lipinski definition) is 4. The summed E-state index contributed by atoms with van der Waals surface area (Å²) in [5.74, 6) is 4.92. The summed E-state index contributed by atoms with van der Waals surface area (Å²) in [6.07, 6.45) is 2.41. The van der Waals surface area contributed by atoms with E-state index in [0.717, 1.165) is 37.2 Å². The van der Waals surface area contributed by atoms with E-state index >= 15 is 0 Å². The molecule has 0 unspecified atom stereocenters. The van der Waals surface area contributed by atoms with Crippen LogP contribution < -0.4 is 11.3 Å². The Labute approximate surface area is 113 Å². The van der Waals surface area contributed by atoms with E-state index in [1.54, 1.807) is 0 Å². The lowest BCUT2D eigenvalue weighted by molar-refractivity contribution is -0.120. The van der Waals surface area contributed by atoms with Gasteiger partial charge in [-0.05, 0) is 24.0 Å². The highest BCUT2D eigenvalue weighted by Crippen LogP contribution is 2.16. The first kappa shape index (κ1) is 14.0. The van der Waals surface area contributed by atoms with Crippen LogP contribution in [0.25, 0.3) is 0 Å². The first-order chi connectivity index (χ1) is 9.29. The van der Waals surface area contributed by atoms with Gasteiger partial charge in [0.2, 0.25) is 5.91 Å². The van der Waals surface area contributed by atoms with Crippen molar-refractivity contribution in [1.29, 1.82) is 0 Å². The standard InChI is InChI=1S/C14H20N2O3/c15-16-14(17)9-11-3-1-2-4-12(11)10-19-13-5-7-18-8-6-13/h1-4,13H,5-10,15H2,(H,16,17). The number of nitrogens with two attached hydrogens (primary N) is 1. The van der Waals surface area contributed by atoms with Crippen LogP contribution >= 0.6 is 0 Å². The third-order valence-electron chi connectivity index (χ3n) is 3.27. The van der Waals surface area contributed by atoms with E-state index in [2.05, 4.69) is 5.43 Å². The van der Waals surface area contributed by atoms with Gasteiger partial charge in [0.05, 0.1) is 19.1 Å². The van der Waals surface area contributed by atoms with Crippen LogP contribution in [0, 0.1) is 0 Å². The second-order valence-electron chi connectivity index (χ2n) is 4.64. The zero-order valence-electron chi connectivity index (χ0n) is 10.9. The van der Waals surface area contributed by atoms with E-state index in [1.165, 1.54) is 0 Å². The number of amides is 1. The summed E-state index contributed by atoms with van der Waals surface area (Å²) in [7, 11) is 0. The molecule has 1 fully saturated rings. The molecule has 1 aliphatic heterocycles. The summed E-state index contributed by atoms with van der Waals surface area (Å²) in [6.45, 7) is 2.06. The van der Waals surface area contributed by atoms with Gasteiger partial charge >= 0.3 is 0 Å². The quantitative estimate of drug-likeness (QED) is 0.471. The Morgan fingerprint density at radius 1 is 1.32 bits per heavy atom. The molecule has 0 bridgehead atoms. The van der Waals surface area contributed by atoms with Crippen molar-refractivity contribution in [2.75, 3.05) is 13.2 Å². The summed E-state index contributed by atoms with van der Waals surface area (Å²) in [4.78, 5) is 11.3. The summed E-state index contributed by atoms with van der Waals surface area (Å²) < 4.78 is 11.2. The van der Waals surface area contributed by atoms with Crippen LogP contribution in [0.1, 0.15) is 24.0 Å². The molecule has 1 amide bonds. The normalized spacial score (nSPS) is 16.3. The Balaban J connectivity index is 1.93. The minimum absolute atomic E-state index is 0.196. The molecule has 5 nitrogen and oxygen atoms in total. The molecule has 19 heavy (non-hydrogen) atoms. The molecule has 0 spiro atoms. The van der Waals surface area contributed by atoms with Gasteiger partial charge in [0, 0.05) is 13.2 Å². The van der Waals surface area contributed by atoms with Gasteiger partial charge in [-0.2, -0.15) is 0 Å². The smallest absolute Gasteiger partial charge is 0.238 e. The minimum atomic E-state index is -0.196. The van der Waals surface area contributed by atoms with Crippen LogP contribution in [0.4, 0.5) is 0 Å². The Hall–Kier alpha value is -1.43. The van der Waals surface area contributed by atoms with Gasteiger partial charge in [-0.3, -0.25) is 10.2 Å². The number of carbonyl (C=O) groups is 1. The van der Waals surface area contributed by atoms with Crippen molar-refractivity contribution in [2.45, 2.75) is 32.0 Å². The Bertz CT molecular complexity index is 417. The van der Waals surface area contributed by atoms with Crippen molar-refractivity contribution < 1.29 is 14.3 Å². The molecule has 0 aromatic heterocycles. The van der Waals surface area contributed by atoms with Crippen LogP contribution in [-0.2, 0) is 27.3 Å². The third kappa shape index (κ3) is 4.31. The van der Waals surface area contributed by atoms with Crippen molar-refractivity contribution in [3.63, 3.8) is 0 Å². The zero-order valence-corrected chi connectivity index (χ0v) is 10.9. The van der Waals surface area contributed by atoms with Crippen molar-refractivity contribution in [1.82, 2.24) is 5.43 Å². The average Bonchev–Trinajstić information content (AvgIpc) is 2.47. The van der Waals surface area contributed by atoms with Crippen molar-refractivity contribution in [2.24, 2.45) is 5.84 Å². The molecule has 1 aromatic rings. The van der Waals surface area contributed by atoms with E-state index in [-0.39, 0.29) is 18.4 Å². The lowest BCUT2D eigenvalue weighted by atomic mass is 10.0. The molecule has 1 saturated heterocycles. The Morgan fingerprint density at radius 3 is 2.68 bits per heavy atom. The van der Waals surface area contributed by atoms with E-state index in [0.29, 0.717) is 6.61 Å². The van der Waals surface area contributed by atoms with Gasteiger partial charge in [0.15, 0.2) is 0 Å². The van der Waals surface area contributed by atoms with Gasteiger partial charge in [-0.15, -0.1) is 0 Å². The van der Waals surface area contributed by atoms with Crippen molar-refractivity contribution in [3.8, 4) is 0 Å². The molecular formula is C14H20N2O3. The number of carbonyl (C=O) groups excluding carboxylic acids is 1. The van der Waals surface area contributed by atoms with Crippen molar-refractivity contribution >= 4 is 5.91 Å². The minimum Gasteiger partial charge on any atom is -0.381 e. The molecule has 104 valence electrons. The molecule has 0 aliphatic carbocycles.